The Hall–Kier alpha value is -6.10. The predicted molar refractivity (Wildman–Crippen MR) is 171 cm³/mol. The number of aromatic nitrogens is 1. The van der Waals surface area contributed by atoms with Gasteiger partial charge in [-0.05, 0) is 77.4 Å². The third-order valence-electron chi connectivity index (χ3n) is 7.66. The van der Waals surface area contributed by atoms with Gasteiger partial charge in [-0.1, -0.05) is 78.9 Å². The zero-order valence-corrected chi connectivity index (χ0v) is 22.6. The van der Waals surface area contributed by atoms with Gasteiger partial charge in [-0.15, -0.1) is 0 Å². The number of hydrogen-bond donors (Lipinski definition) is 1. The maximum atomic E-state index is 9.47. The fraction of sp³-hybridized carbons (Fsp3) is 0. The minimum absolute atomic E-state index is 0.353. The van der Waals surface area contributed by atoms with Gasteiger partial charge in [-0.2, -0.15) is 10.5 Å². The second-order valence-electron chi connectivity index (χ2n) is 10.2. The van der Waals surface area contributed by atoms with E-state index in [2.05, 4.69) is 119 Å². The Morgan fingerprint density at radius 2 is 1.21 bits per heavy atom. The number of nitrogens with zero attached hydrogens (tertiary/aromatic N) is 3. The maximum absolute atomic E-state index is 9.47. The van der Waals surface area contributed by atoms with Crippen LogP contribution in [0.15, 0.2) is 140 Å². The van der Waals surface area contributed by atoms with E-state index in [1.54, 1.807) is 12.1 Å². The summed E-state index contributed by atoms with van der Waals surface area (Å²) in [5.41, 5.74) is 10.3. The molecule has 0 spiro atoms. The highest BCUT2D eigenvalue weighted by Gasteiger charge is 2.14. The van der Waals surface area contributed by atoms with Gasteiger partial charge in [0.05, 0.1) is 22.2 Å². The molecule has 4 heteroatoms. The Bertz CT molecular complexity index is 2190. The molecule has 7 rings (SSSR count). The van der Waals surface area contributed by atoms with Gasteiger partial charge in [0.25, 0.3) is 0 Å². The summed E-state index contributed by atoms with van der Waals surface area (Å²) < 4.78 is 2.33. The first-order valence-electron chi connectivity index (χ1n) is 13.7. The van der Waals surface area contributed by atoms with Crippen LogP contribution < -0.4 is 5.32 Å². The molecule has 1 N–H and O–H groups in total. The molecule has 0 aliphatic heterocycles. The van der Waals surface area contributed by atoms with Crippen molar-refractivity contribution in [2.45, 2.75) is 0 Å². The molecule has 0 radical (unpaired) electrons. The van der Waals surface area contributed by atoms with Crippen molar-refractivity contribution in [1.29, 1.82) is 10.5 Å². The third kappa shape index (κ3) is 4.34. The summed E-state index contributed by atoms with van der Waals surface area (Å²) in [7, 11) is 0. The molecule has 196 valence electrons. The number of para-hydroxylation sites is 3. The number of benzene rings is 6. The van der Waals surface area contributed by atoms with Crippen LogP contribution in [0.1, 0.15) is 11.1 Å². The third-order valence-corrected chi connectivity index (χ3v) is 7.66. The van der Waals surface area contributed by atoms with Crippen LogP contribution in [0, 0.1) is 22.7 Å². The van der Waals surface area contributed by atoms with Crippen molar-refractivity contribution in [3.63, 3.8) is 0 Å². The summed E-state index contributed by atoms with van der Waals surface area (Å²) in [6.07, 6.45) is 0. The van der Waals surface area contributed by atoms with E-state index >= 15 is 0 Å². The number of nitrogens with one attached hydrogen (secondary N) is 1. The summed E-state index contributed by atoms with van der Waals surface area (Å²) >= 11 is 0. The minimum Gasteiger partial charge on any atom is -0.355 e. The van der Waals surface area contributed by atoms with Crippen molar-refractivity contribution in [1.82, 2.24) is 4.57 Å². The SMILES string of the molecule is N#Cc1ccc(Nc2ccccc2-c2cccc(-c3ccc4c(c3)c3ccccc3n4-c3ccccc3)c2)cc1C#N. The average Bonchev–Trinajstić information content (AvgIpc) is 3.39. The van der Waals surface area contributed by atoms with Gasteiger partial charge in [0.1, 0.15) is 12.1 Å². The molecule has 0 saturated heterocycles. The first-order chi connectivity index (χ1) is 20.7. The van der Waals surface area contributed by atoms with Crippen molar-refractivity contribution < 1.29 is 0 Å². The molecule has 0 amide bonds. The van der Waals surface area contributed by atoms with Crippen molar-refractivity contribution in [3.8, 4) is 40.1 Å². The number of rotatable bonds is 5. The van der Waals surface area contributed by atoms with E-state index in [9.17, 15) is 10.5 Å². The zero-order valence-electron chi connectivity index (χ0n) is 22.6. The maximum Gasteiger partial charge on any atom is 0.101 e. The van der Waals surface area contributed by atoms with Crippen LogP contribution in [0.25, 0.3) is 49.7 Å². The fourth-order valence-electron chi connectivity index (χ4n) is 5.69. The Morgan fingerprint density at radius 3 is 2.07 bits per heavy atom. The number of fused-ring (bicyclic) bond motifs is 3. The molecule has 1 aromatic heterocycles. The van der Waals surface area contributed by atoms with Crippen molar-refractivity contribution in [3.05, 3.63) is 151 Å². The van der Waals surface area contributed by atoms with E-state index in [1.807, 2.05) is 30.3 Å². The molecule has 0 bridgehead atoms. The van der Waals surface area contributed by atoms with E-state index in [0.717, 1.165) is 39.3 Å². The monoisotopic (exact) mass is 536 g/mol. The minimum atomic E-state index is 0.353. The Morgan fingerprint density at radius 1 is 0.500 bits per heavy atom. The fourth-order valence-corrected chi connectivity index (χ4v) is 5.69. The molecule has 6 aromatic carbocycles. The van der Waals surface area contributed by atoms with Crippen LogP contribution in [-0.4, -0.2) is 4.57 Å². The summed E-state index contributed by atoms with van der Waals surface area (Å²) in [5, 5.41) is 24.6. The molecule has 0 saturated carbocycles. The average molecular weight is 537 g/mol. The van der Waals surface area contributed by atoms with E-state index in [0.29, 0.717) is 11.1 Å². The molecule has 0 unspecified atom stereocenters. The van der Waals surface area contributed by atoms with E-state index < -0.39 is 0 Å². The largest absolute Gasteiger partial charge is 0.355 e. The second kappa shape index (κ2) is 10.5. The van der Waals surface area contributed by atoms with Gasteiger partial charge >= 0.3 is 0 Å². The Labute approximate surface area is 244 Å². The van der Waals surface area contributed by atoms with E-state index in [-0.39, 0.29) is 0 Å². The molecule has 0 fully saturated rings. The summed E-state index contributed by atoms with van der Waals surface area (Å²) in [6.45, 7) is 0. The van der Waals surface area contributed by atoms with Gasteiger partial charge in [0.15, 0.2) is 0 Å². The zero-order chi connectivity index (χ0) is 28.5. The summed E-state index contributed by atoms with van der Waals surface area (Å²) in [6, 6.07) is 51.9. The highest BCUT2D eigenvalue weighted by molar-refractivity contribution is 6.10. The van der Waals surface area contributed by atoms with Gasteiger partial charge in [-0.25, -0.2) is 0 Å². The normalized spacial score (nSPS) is 10.8. The van der Waals surface area contributed by atoms with Gasteiger partial charge in [-0.3, -0.25) is 0 Å². The smallest absolute Gasteiger partial charge is 0.101 e. The quantitative estimate of drug-likeness (QED) is 0.238. The van der Waals surface area contributed by atoms with Crippen LogP contribution >= 0.6 is 0 Å². The lowest BCUT2D eigenvalue weighted by Crippen LogP contribution is -1.95. The molecule has 42 heavy (non-hydrogen) atoms. The molecular weight excluding hydrogens is 512 g/mol. The predicted octanol–water partition coefficient (Wildman–Crippen LogP) is 9.60. The lowest BCUT2D eigenvalue weighted by Gasteiger charge is -2.14. The van der Waals surface area contributed by atoms with Crippen molar-refractivity contribution in [2.24, 2.45) is 0 Å². The van der Waals surface area contributed by atoms with E-state index in [4.69, 9.17) is 0 Å². The van der Waals surface area contributed by atoms with E-state index in [1.165, 1.54) is 21.8 Å². The molecule has 7 aromatic rings. The first kappa shape index (κ1) is 24.9. The second-order valence-corrected chi connectivity index (χ2v) is 10.2. The molecule has 4 nitrogen and oxygen atoms in total. The topological polar surface area (TPSA) is 64.5 Å². The molecule has 0 aliphatic carbocycles. The van der Waals surface area contributed by atoms with Crippen molar-refractivity contribution >= 4 is 33.2 Å². The van der Waals surface area contributed by atoms with Gasteiger partial charge in [0.2, 0.25) is 0 Å². The summed E-state index contributed by atoms with van der Waals surface area (Å²) in [4.78, 5) is 0. The molecule has 0 atom stereocenters. The number of hydrogen-bond acceptors (Lipinski definition) is 3. The summed E-state index contributed by atoms with van der Waals surface area (Å²) in [5.74, 6) is 0. The lowest BCUT2D eigenvalue weighted by molar-refractivity contribution is 1.18. The van der Waals surface area contributed by atoms with Crippen LogP contribution in [0.2, 0.25) is 0 Å². The highest BCUT2D eigenvalue weighted by atomic mass is 15.0. The van der Waals surface area contributed by atoms with Gasteiger partial charge in [0, 0.05) is 33.4 Å². The number of anilines is 2. The van der Waals surface area contributed by atoms with Crippen molar-refractivity contribution in [2.75, 3.05) is 5.32 Å². The lowest BCUT2D eigenvalue weighted by atomic mass is 9.97. The van der Waals surface area contributed by atoms with Crippen LogP contribution in [0.4, 0.5) is 11.4 Å². The van der Waals surface area contributed by atoms with Gasteiger partial charge < -0.3 is 9.88 Å². The molecule has 0 aliphatic rings. The first-order valence-corrected chi connectivity index (χ1v) is 13.7. The molecule has 1 heterocycles. The Kier molecular flexibility index (Phi) is 6.21. The number of nitriles is 2. The van der Waals surface area contributed by atoms with Crippen LogP contribution in [0.3, 0.4) is 0 Å². The van der Waals surface area contributed by atoms with Crippen LogP contribution in [-0.2, 0) is 0 Å². The van der Waals surface area contributed by atoms with Crippen LogP contribution in [0.5, 0.6) is 0 Å². The standard InChI is InChI=1S/C38H24N4/c39-24-29-17-19-31(22-30(29)25-40)41-36-15-6-4-13-33(36)28-10-8-9-26(21-28)27-18-20-38-35(23-27)34-14-5-7-16-37(34)42(38)32-11-2-1-3-12-32/h1-23,41H. The molecular formula is C38H24N4. The Balaban J connectivity index is 1.30. The highest BCUT2D eigenvalue weighted by Crippen LogP contribution is 2.37.